The molecule has 0 aliphatic rings. The first-order valence-corrected chi connectivity index (χ1v) is 16.3. The normalized spacial score (nSPS) is 11.7. The summed E-state index contributed by atoms with van der Waals surface area (Å²) in [6, 6.07) is 3.00. The Morgan fingerprint density at radius 3 is 1.49 bits per heavy atom. The van der Waals surface area contributed by atoms with Crippen LogP contribution in [0.25, 0.3) is 33.4 Å². The van der Waals surface area contributed by atoms with Crippen LogP contribution in [0.15, 0.2) is 46.2 Å². The molecule has 0 unspecified atom stereocenters. The van der Waals surface area contributed by atoms with Crippen LogP contribution in [0, 0.1) is 13.8 Å². The Morgan fingerprint density at radius 1 is 0.694 bits per heavy atom. The van der Waals surface area contributed by atoms with Gasteiger partial charge in [-0.15, -0.1) is 0 Å². The van der Waals surface area contributed by atoms with Crippen LogP contribution in [0.2, 0.25) is 20.1 Å². The molecule has 6 aromatic rings. The third kappa shape index (κ3) is 7.60. The average molecular weight is 835 g/mol. The highest BCUT2D eigenvalue weighted by atomic mass is 79.9. The summed E-state index contributed by atoms with van der Waals surface area (Å²) in [5, 5.41) is 7.34. The smallest absolute Gasteiger partial charge is 0.310 e. The minimum atomic E-state index is -4.58. The molecule has 1 N–H and O–H groups in total. The van der Waals surface area contributed by atoms with Gasteiger partial charge in [0.2, 0.25) is 0 Å². The van der Waals surface area contributed by atoms with Gasteiger partial charge in [-0.2, -0.15) is 36.5 Å². The zero-order valence-electron chi connectivity index (χ0n) is 25.1. The van der Waals surface area contributed by atoms with Gasteiger partial charge in [0.1, 0.15) is 33.8 Å². The maximum absolute atomic E-state index is 12.8. The Balaban J connectivity index is 0.000000210. The number of rotatable bonds is 2. The van der Waals surface area contributed by atoms with Gasteiger partial charge in [0.05, 0.1) is 43.6 Å². The van der Waals surface area contributed by atoms with E-state index in [1.165, 1.54) is 17.0 Å². The first-order chi connectivity index (χ1) is 22.8. The SMILES string of the molecule is CBr.Cc1nc2c(cnn2-c2c(Cl)cc(C(F)(F)F)cc2Cl)c(=O)[nH]1.Cc1nc2c(cnn2-c2c(Cl)cc(C(F)(F)F)cc2Cl)c(=O)n1C. The van der Waals surface area contributed by atoms with Crippen molar-refractivity contribution in [3.63, 3.8) is 0 Å². The van der Waals surface area contributed by atoms with E-state index < -0.39 is 29.0 Å². The summed E-state index contributed by atoms with van der Waals surface area (Å²) in [5.41, 5.74) is -2.34. The number of fused-ring (bicyclic) bond motifs is 2. The monoisotopic (exact) mass is 832 g/mol. The van der Waals surface area contributed by atoms with Gasteiger partial charge in [-0.05, 0) is 43.9 Å². The van der Waals surface area contributed by atoms with E-state index in [-0.39, 0.29) is 59.1 Å². The Bertz CT molecular complexity index is 2290. The zero-order valence-corrected chi connectivity index (χ0v) is 29.7. The van der Waals surface area contributed by atoms with Crippen molar-refractivity contribution < 1.29 is 26.3 Å². The quantitative estimate of drug-likeness (QED) is 0.138. The number of hydrogen-bond donors (Lipinski definition) is 1. The van der Waals surface area contributed by atoms with Gasteiger partial charge < -0.3 is 4.98 Å². The van der Waals surface area contributed by atoms with Crippen LogP contribution < -0.4 is 11.1 Å². The number of aryl methyl sites for hydroxylation is 2. The molecule has 0 saturated heterocycles. The molecule has 0 fully saturated rings. The molecule has 0 radical (unpaired) electrons. The molecule has 4 heterocycles. The van der Waals surface area contributed by atoms with Crippen LogP contribution in [-0.4, -0.2) is 44.9 Å². The summed E-state index contributed by atoms with van der Waals surface area (Å²) in [4.78, 5) is 34.9. The summed E-state index contributed by atoms with van der Waals surface area (Å²) in [7, 11) is 1.56. The van der Waals surface area contributed by atoms with Crippen molar-refractivity contribution in [1.29, 1.82) is 0 Å². The Morgan fingerprint density at radius 2 is 1.08 bits per heavy atom. The van der Waals surface area contributed by atoms with E-state index in [1.54, 1.807) is 20.9 Å². The van der Waals surface area contributed by atoms with Crippen molar-refractivity contribution in [3.05, 3.63) is 100 Å². The molecule has 0 bridgehead atoms. The fraction of sp³-hybridized carbons (Fsp3) is 0.214. The lowest BCUT2D eigenvalue weighted by atomic mass is 10.2. The standard InChI is InChI=1S/C14H9Cl2F3N4O.C13H7Cl2F3N4O.CH3Br/c1-6-21-12-8(13(24)22(6)2)5-20-23(12)11-9(15)3-7(4-10(11)16)14(17,18)19;1-5-20-11-7(12(23)21-5)4-19-22(11)10-8(14)2-6(3-9(10)15)13(16,17)18;1-2/h3-5H,1-2H3;2-4H,1H3,(H,20,21,23);1H3. The number of nitrogens with one attached hydrogen (secondary N) is 1. The van der Waals surface area contributed by atoms with Gasteiger partial charge in [0, 0.05) is 7.05 Å². The average Bonchev–Trinajstić information content (AvgIpc) is 3.60. The fourth-order valence-electron chi connectivity index (χ4n) is 4.37. The van der Waals surface area contributed by atoms with Crippen LogP contribution >= 0.6 is 62.3 Å². The molecule has 0 aliphatic heterocycles. The van der Waals surface area contributed by atoms with Gasteiger partial charge in [0.25, 0.3) is 11.1 Å². The lowest BCUT2D eigenvalue weighted by Crippen LogP contribution is -2.20. The van der Waals surface area contributed by atoms with Crippen LogP contribution in [0.5, 0.6) is 0 Å². The van der Waals surface area contributed by atoms with Gasteiger partial charge >= 0.3 is 12.4 Å². The summed E-state index contributed by atoms with van der Waals surface area (Å²) >= 11 is 26.8. The third-order valence-corrected chi connectivity index (χ3v) is 7.85. The molecule has 0 aliphatic carbocycles. The van der Waals surface area contributed by atoms with Crippen molar-refractivity contribution in [3.8, 4) is 11.4 Å². The zero-order chi connectivity index (χ0) is 36.7. The molecular formula is C28H19BrCl4F6N8O2. The highest BCUT2D eigenvalue weighted by Gasteiger charge is 2.33. The number of nitrogens with zero attached hydrogens (tertiary/aromatic N) is 7. The highest BCUT2D eigenvalue weighted by molar-refractivity contribution is 9.08. The number of hydrogen-bond acceptors (Lipinski definition) is 6. The predicted octanol–water partition coefficient (Wildman–Crippen LogP) is 8.51. The van der Waals surface area contributed by atoms with E-state index in [0.29, 0.717) is 11.6 Å². The lowest BCUT2D eigenvalue weighted by Gasteiger charge is -2.13. The van der Waals surface area contributed by atoms with E-state index in [0.717, 1.165) is 33.6 Å². The molecule has 49 heavy (non-hydrogen) atoms. The molecule has 21 heteroatoms. The topological polar surface area (TPSA) is 116 Å². The molecule has 0 amide bonds. The largest absolute Gasteiger partial charge is 0.416 e. The van der Waals surface area contributed by atoms with Gasteiger partial charge in [-0.25, -0.2) is 19.3 Å². The number of halogens is 11. The number of H-pyrrole nitrogens is 1. The summed E-state index contributed by atoms with van der Waals surface area (Å²) in [6.07, 6.45) is -6.65. The molecule has 6 rings (SSSR count). The number of benzene rings is 2. The van der Waals surface area contributed by atoms with E-state index in [4.69, 9.17) is 46.4 Å². The van der Waals surface area contributed by atoms with Gasteiger partial charge in [0.15, 0.2) is 11.3 Å². The third-order valence-electron chi connectivity index (χ3n) is 6.70. The molecule has 260 valence electrons. The van der Waals surface area contributed by atoms with E-state index in [2.05, 4.69) is 41.1 Å². The van der Waals surface area contributed by atoms with Crippen molar-refractivity contribution in [2.45, 2.75) is 26.2 Å². The van der Waals surface area contributed by atoms with Crippen LogP contribution in [-0.2, 0) is 19.4 Å². The minimum Gasteiger partial charge on any atom is -0.310 e. The van der Waals surface area contributed by atoms with Crippen LogP contribution in [0.3, 0.4) is 0 Å². The summed E-state index contributed by atoms with van der Waals surface area (Å²) in [6.45, 7) is 3.18. The molecule has 0 saturated carbocycles. The Hall–Kier alpha value is -3.64. The number of alkyl halides is 7. The van der Waals surface area contributed by atoms with Crippen molar-refractivity contribution in [2.24, 2.45) is 7.05 Å². The van der Waals surface area contributed by atoms with Crippen molar-refractivity contribution >= 4 is 84.4 Å². The molecule has 4 aromatic heterocycles. The van der Waals surface area contributed by atoms with Crippen molar-refractivity contribution in [2.75, 3.05) is 5.83 Å². The maximum Gasteiger partial charge on any atom is 0.416 e. The second-order valence-corrected chi connectivity index (χ2v) is 11.5. The number of aromatic nitrogens is 8. The number of aromatic amines is 1. The van der Waals surface area contributed by atoms with E-state index >= 15 is 0 Å². The minimum absolute atomic E-state index is 0.0221. The molecule has 10 nitrogen and oxygen atoms in total. The highest BCUT2D eigenvalue weighted by Crippen LogP contribution is 2.39. The van der Waals surface area contributed by atoms with Crippen LogP contribution in [0.4, 0.5) is 26.3 Å². The summed E-state index contributed by atoms with van der Waals surface area (Å²) < 4.78 is 80.5. The second-order valence-electron chi connectivity index (χ2n) is 9.83. The first kappa shape index (κ1) is 38.2. The molecule has 2 aromatic carbocycles. The second kappa shape index (κ2) is 14.3. The van der Waals surface area contributed by atoms with Crippen molar-refractivity contribution in [1.82, 2.24) is 39.1 Å². The molecular weight excluding hydrogens is 816 g/mol. The van der Waals surface area contributed by atoms with E-state index in [1.807, 2.05) is 5.83 Å². The van der Waals surface area contributed by atoms with Gasteiger partial charge in [-0.1, -0.05) is 62.3 Å². The first-order valence-electron chi connectivity index (χ1n) is 13.2. The molecule has 0 spiro atoms. The summed E-state index contributed by atoms with van der Waals surface area (Å²) in [5.74, 6) is 2.55. The van der Waals surface area contributed by atoms with Gasteiger partial charge in [-0.3, -0.25) is 14.2 Å². The Kier molecular flexibility index (Phi) is 11.1. The van der Waals surface area contributed by atoms with Crippen LogP contribution in [0.1, 0.15) is 22.8 Å². The molecule has 0 atom stereocenters. The Labute approximate surface area is 299 Å². The predicted molar refractivity (Wildman–Crippen MR) is 178 cm³/mol. The fourth-order valence-corrected chi connectivity index (χ4v) is 5.67. The maximum atomic E-state index is 12.8. The lowest BCUT2D eigenvalue weighted by molar-refractivity contribution is -0.138. The van der Waals surface area contributed by atoms with E-state index in [9.17, 15) is 35.9 Å².